The number of hydrogen-bond acceptors (Lipinski definition) is 7. The van der Waals surface area contributed by atoms with Gasteiger partial charge in [-0.15, -0.1) is 0 Å². The molecule has 0 radical (unpaired) electrons. The highest BCUT2D eigenvalue weighted by atomic mass is 32.2. The van der Waals surface area contributed by atoms with Gasteiger partial charge in [0.15, 0.2) is 11.5 Å². The number of nitrogens with one attached hydrogen (secondary N) is 1. The second kappa shape index (κ2) is 12.4. The summed E-state index contributed by atoms with van der Waals surface area (Å²) in [5.74, 6) is 1.42. The summed E-state index contributed by atoms with van der Waals surface area (Å²) in [6.07, 6.45) is 1.78. The standard InChI is InChI=1S/C30H34N4O6S/c1-20(2)34(41(36,37)25-14-7-21(3)8-15-25)19-29(35)32-30-31-26(22-9-12-24(38-4)13-10-22)18-33(30)23-11-16-27(39-5)28(17-23)40-6/h7-18,20H,19H2,1-6H3,(H,31,32,35). The molecule has 10 nitrogen and oxygen atoms in total. The van der Waals surface area contributed by atoms with Crippen molar-refractivity contribution in [2.24, 2.45) is 0 Å². The van der Waals surface area contributed by atoms with Crippen LogP contribution in [-0.4, -0.2) is 62.1 Å². The van der Waals surface area contributed by atoms with Crippen molar-refractivity contribution in [3.8, 4) is 34.2 Å². The molecule has 0 aliphatic rings. The third-order valence-corrected chi connectivity index (χ3v) is 8.53. The van der Waals surface area contributed by atoms with Crippen molar-refractivity contribution in [1.82, 2.24) is 13.9 Å². The Morgan fingerprint density at radius 1 is 0.927 bits per heavy atom. The number of nitrogens with zero attached hydrogens (tertiary/aromatic N) is 3. The molecule has 0 bridgehead atoms. The van der Waals surface area contributed by atoms with Gasteiger partial charge in [-0.25, -0.2) is 13.4 Å². The summed E-state index contributed by atoms with van der Waals surface area (Å²) in [7, 11) is 0.753. The summed E-state index contributed by atoms with van der Waals surface area (Å²) >= 11 is 0. The lowest BCUT2D eigenvalue weighted by molar-refractivity contribution is -0.116. The predicted octanol–water partition coefficient (Wildman–Crippen LogP) is 4.91. The van der Waals surface area contributed by atoms with Gasteiger partial charge in [-0.3, -0.25) is 14.7 Å². The van der Waals surface area contributed by atoms with Crippen LogP contribution in [-0.2, 0) is 14.8 Å². The molecule has 0 saturated carbocycles. The highest BCUT2D eigenvalue weighted by Crippen LogP contribution is 2.32. The molecule has 0 aliphatic heterocycles. The molecule has 4 rings (SSSR count). The summed E-state index contributed by atoms with van der Waals surface area (Å²) in [5, 5.41) is 2.82. The monoisotopic (exact) mass is 578 g/mol. The number of aryl methyl sites for hydroxylation is 1. The normalized spacial score (nSPS) is 11.5. The van der Waals surface area contributed by atoms with Crippen LogP contribution in [0.15, 0.2) is 77.8 Å². The van der Waals surface area contributed by atoms with Gasteiger partial charge in [-0.2, -0.15) is 4.31 Å². The Labute approximate surface area is 240 Å². The molecule has 216 valence electrons. The number of carbonyl (C=O) groups excluding carboxylic acids is 1. The fourth-order valence-corrected chi connectivity index (χ4v) is 5.83. The maximum Gasteiger partial charge on any atom is 0.243 e. The van der Waals surface area contributed by atoms with E-state index in [4.69, 9.17) is 14.2 Å². The minimum atomic E-state index is -3.92. The van der Waals surface area contributed by atoms with Crippen LogP contribution in [0.4, 0.5) is 5.95 Å². The van der Waals surface area contributed by atoms with Crippen molar-refractivity contribution in [3.63, 3.8) is 0 Å². The summed E-state index contributed by atoms with van der Waals surface area (Å²) in [5.41, 5.74) is 2.97. The molecule has 1 heterocycles. The second-order valence-corrected chi connectivity index (χ2v) is 11.5. The second-order valence-electron chi connectivity index (χ2n) is 9.59. The van der Waals surface area contributed by atoms with Crippen molar-refractivity contribution < 1.29 is 27.4 Å². The van der Waals surface area contributed by atoms with Crippen molar-refractivity contribution in [2.45, 2.75) is 31.7 Å². The van der Waals surface area contributed by atoms with Gasteiger partial charge in [-0.1, -0.05) is 17.7 Å². The largest absolute Gasteiger partial charge is 0.497 e. The van der Waals surface area contributed by atoms with E-state index in [0.29, 0.717) is 28.6 Å². The molecule has 0 aliphatic carbocycles. The van der Waals surface area contributed by atoms with Crippen molar-refractivity contribution in [3.05, 3.63) is 78.5 Å². The lowest BCUT2D eigenvalue weighted by Gasteiger charge is -2.25. The Morgan fingerprint density at radius 2 is 1.59 bits per heavy atom. The summed E-state index contributed by atoms with van der Waals surface area (Å²) in [6.45, 7) is 4.94. The van der Waals surface area contributed by atoms with Crippen LogP contribution in [0, 0.1) is 6.92 Å². The molecule has 0 spiro atoms. The van der Waals surface area contributed by atoms with Gasteiger partial charge in [0.25, 0.3) is 0 Å². The summed E-state index contributed by atoms with van der Waals surface area (Å²) < 4.78 is 45.8. The van der Waals surface area contributed by atoms with Crippen LogP contribution in [0.1, 0.15) is 19.4 Å². The average molecular weight is 579 g/mol. The molecule has 11 heteroatoms. The average Bonchev–Trinajstić information content (AvgIpc) is 3.39. The van der Waals surface area contributed by atoms with E-state index >= 15 is 0 Å². The van der Waals surface area contributed by atoms with E-state index < -0.39 is 28.5 Å². The van der Waals surface area contributed by atoms with Crippen LogP contribution >= 0.6 is 0 Å². The summed E-state index contributed by atoms with van der Waals surface area (Å²) in [6, 6.07) is 18.8. The van der Waals surface area contributed by atoms with Gasteiger partial charge in [0, 0.05) is 23.9 Å². The quantitative estimate of drug-likeness (QED) is 0.269. The third kappa shape index (κ3) is 6.53. The Hall–Kier alpha value is -4.35. The number of imidazole rings is 1. The molecule has 0 fully saturated rings. The van der Waals surface area contributed by atoms with E-state index in [1.54, 1.807) is 81.3 Å². The van der Waals surface area contributed by atoms with Gasteiger partial charge in [-0.05, 0) is 69.3 Å². The molecular formula is C30H34N4O6S. The van der Waals surface area contributed by atoms with Crippen LogP contribution < -0.4 is 19.5 Å². The number of carbonyl (C=O) groups is 1. The minimum Gasteiger partial charge on any atom is -0.497 e. The number of ether oxygens (including phenoxy) is 3. The molecule has 0 unspecified atom stereocenters. The number of methoxy groups -OCH3 is 3. The van der Waals surface area contributed by atoms with Crippen LogP contribution in [0.25, 0.3) is 16.9 Å². The van der Waals surface area contributed by atoms with Crippen LogP contribution in [0.5, 0.6) is 17.2 Å². The first-order chi connectivity index (χ1) is 19.6. The highest BCUT2D eigenvalue weighted by Gasteiger charge is 2.29. The van der Waals surface area contributed by atoms with Crippen molar-refractivity contribution >= 4 is 21.9 Å². The van der Waals surface area contributed by atoms with Crippen molar-refractivity contribution in [2.75, 3.05) is 33.2 Å². The van der Waals surface area contributed by atoms with Gasteiger partial charge in [0.05, 0.1) is 44.2 Å². The van der Waals surface area contributed by atoms with E-state index in [1.165, 1.54) is 11.4 Å². The zero-order chi connectivity index (χ0) is 29.7. The number of sulfonamides is 1. The SMILES string of the molecule is COc1ccc(-c2cn(-c3ccc(OC)c(OC)c3)c(NC(=O)CN(C(C)C)S(=O)(=O)c3ccc(C)cc3)n2)cc1. The minimum absolute atomic E-state index is 0.123. The first-order valence-corrected chi connectivity index (χ1v) is 14.4. The fourth-order valence-electron chi connectivity index (χ4n) is 4.24. The molecule has 3 aromatic carbocycles. The first-order valence-electron chi connectivity index (χ1n) is 12.9. The Balaban J connectivity index is 1.70. The maximum atomic E-state index is 13.4. The molecule has 1 N–H and O–H groups in total. The number of aromatic nitrogens is 2. The number of amides is 1. The van der Waals surface area contributed by atoms with Gasteiger partial charge in [0.2, 0.25) is 21.9 Å². The predicted molar refractivity (Wildman–Crippen MR) is 157 cm³/mol. The number of benzene rings is 3. The smallest absolute Gasteiger partial charge is 0.243 e. The molecule has 0 atom stereocenters. The molecule has 41 heavy (non-hydrogen) atoms. The van der Waals surface area contributed by atoms with Gasteiger partial charge >= 0.3 is 0 Å². The van der Waals surface area contributed by atoms with Gasteiger partial charge < -0.3 is 14.2 Å². The lowest BCUT2D eigenvalue weighted by Crippen LogP contribution is -2.42. The van der Waals surface area contributed by atoms with E-state index in [-0.39, 0.29) is 10.8 Å². The lowest BCUT2D eigenvalue weighted by atomic mass is 10.1. The van der Waals surface area contributed by atoms with E-state index in [0.717, 1.165) is 11.1 Å². The first kappa shape index (κ1) is 29.6. The molecular weight excluding hydrogens is 544 g/mol. The number of hydrogen-bond donors (Lipinski definition) is 1. The molecule has 1 amide bonds. The fraction of sp³-hybridized carbons (Fsp3) is 0.267. The molecule has 1 aromatic heterocycles. The van der Waals surface area contributed by atoms with Crippen LogP contribution in [0.3, 0.4) is 0 Å². The zero-order valence-electron chi connectivity index (χ0n) is 23.9. The maximum absolute atomic E-state index is 13.4. The number of rotatable bonds is 11. The van der Waals surface area contributed by atoms with Crippen molar-refractivity contribution in [1.29, 1.82) is 0 Å². The van der Waals surface area contributed by atoms with E-state index in [1.807, 2.05) is 31.2 Å². The topological polar surface area (TPSA) is 112 Å². The number of anilines is 1. The van der Waals surface area contributed by atoms with E-state index in [2.05, 4.69) is 10.3 Å². The zero-order valence-corrected chi connectivity index (χ0v) is 24.7. The Bertz CT molecular complexity index is 1610. The molecule has 4 aromatic rings. The summed E-state index contributed by atoms with van der Waals surface area (Å²) in [4.78, 5) is 18.2. The van der Waals surface area contributed by atoms with E-state index in [9.17, 15) is 13.2 Å². The van der Waals surface area contributed by atoms with Crippen LogP contribution in [0.2, 0.25) is 0 Å². The van der Waals surface area contributed by atoms with Gasteiger partial charge in [0.1, 0.15) is 5.75 Å². The Kier molecular flexibility index (Phi) is 8.99. The Morgan fingerprint density at radius 3 is 2.17 bits per heavy atom. The third-order valence-electron chi connectivity index (χ3n) is 6.49. The highest BCUT2D eigenvalue weighted by molar-refractivity contribution is 7.89. The molecule has 0 saturated heterocycles.